The van der Waals surface area contributed by atoms with Crippen molar-refractivity contribution in [2.75, 3.05) is 45.1 Å². The molecule has 0 radical (unpaired) electrons. The molecule has 4 rings (SSSR count). The summed E-state index contributed by atoms with van der Waals surface area (Å²) in [5.41, 5.74) is 10.7. The van der Waals surface area contributed by atoms with Crippen molar-refractivity contribution in [3.63, 3.8) is 0 Å². The topological polar surface area (TPSA) is 329 Å². The lowest BCUT2D eigenvalue weighted by Crippen LogP contribution is -2.71. The summed E-state index contributed by atoms with van der Waals surface area (Å²) < 4.78 is 0.372. The number of halogens is 1. The number of aliphatic carboxylic acids is 2. The number of hydrogen-bond donors (Lipinski definition) is 10. The highest BCUT2D eigenvalue weighted by Gasteiger charge is 2.54. The number of amidine groups is 1. The number of rotatable bonds is 20. The van der Waals surface area contributed by atoms with E-state index in [9.17, 15) is 49.3 Å². The number of allylic oxidation sites excluding steroid dienone is 1. The number of nitrogens with two attached hydrogens (primary N) is 2. The minimum absolute atomic E-state index is 0.0191. The van der Waals surface area contributed by atoms with Crippen LogP contribution in [0.15, 0.2) is 71.4 Å². The molecule has 1 saturated heterocycles. The zero-order valence-electron chi connectivity index (χ0n) is 32.6. The quantitative estimate of drug-likeness (QED) is 0.0261. The second kappa shape index (κ2) is 21.4. The first-order chi connectivity index (χ1) is 28.5. The Balaban J connectivity index is 1.48. The van der Waals surface area contributed by atoms with E-state index in [2.05, 4.69) is 31.4 Å². The molecule has 1 fully saturated rings. The van der Waals surface area contributed by atoms with Gasteiger partial charge in [-0.15, -0.1) is 11.8 Å². The summed E-state index contributed by atoms with van der Waals surface area (Å²) in [5, 5.41) is 53.6. The standard InChI is InChI=1S/C35H46ClN11O11S2/c1-4-5-6-24(38)60-28(36)17(2)25(44-58-18(3)34(53)54)31(51)43-26-32(52)47-27(35(55)56)19(15-59-33(26)47)12-45-13-20(29(42-16-45)40-8-7-37)39-9-10-41-30(50)21-11-22(48)23(49)14-46(21)57/h6,11,13-14,18,26,33,39,49,57H,4-5,7-10,12,15-16,37-38H2,1-3H3,(H,40,42)(H,41,50)(H,43,51)(H,53,54)(H,55,56)/b24-6+,28-17+,44-25-/t18-,26+,33?/m0/s1. The van der Waals surface area contributed by atoms with Crippen LogP contribution in [0.3, 0.4) is 0 Å². The number of β-lactam (4-membered cyclic amide) rings is 1. The van der Waals surface area contributed by atoms with Crippen LogP contribution in [0.1, 0.15) is 44.1 Å². The third-order valence-corrected chi connectivity index (χ3v) is 11.4. The first-order valence-corrected chi connectivity index (χ1v) is 20.5. The highest BCUT2D eigenvalue weighted by molar-refractivity contribution is 8.08. The largest absolute Gasteiger partial charge is 0.503 e. The second-order valence-corrected chi connectivity index (χ2v) is 15.9. The maximum absolute atomic E-state index is 13.6. The molecule has 60 heavy (non-hydrogen) atoms. The number of fused-ring (bicyclic) bond motifs is 1. The van der Waals surface area contributed by atoms with Gasteiger partial charge >= 0.3 is 11.9 Å². The second-order valence-electron chi connectivity index (χ2n) is 13.1. The first kappa shape index (κ1) is 46.8. The van der Waals surface area contributed by atoms with E-state index in [0.29, 0.717) is 52.6 Å². The highest BCUT2D eigenvalue weighted by atomic mass is 35.5. The van der Waals surface area contributed by atoms with Crippen molar-refractivity contribution >= 4 is 76.3 Å². The predicted octanol–water partition coefficient (Wildman–Crippen LogP) is -0.440. The molecule has 25 heteroatoms. The summed E-state index contributed by atoms with van der Waals surface area (Å²) in [5.74, 6) is -5.26. The number of carbonyl (C=O) groups excluding carboxylic acids is 3. The van der Waals surface area contributed by atoms with E-state index >= 15 is 0 Å². The first-order valence-electron chi connectivity index (χ1n) is 18.3. The van der Waals surface area contributed by atoms with Gasteiger partial charge in [0.15, 0.2) is 11.5 Å². The van der Waals surface area contributed by atoms with E-state index in [1.165, 1.54) is 25.6 Å². The van der Waals surface area contributed by atoms with Crippen molar-refractivity contribution in [3.05, 3.63) is 72.4 Å². The number of nitrogens with one attached hydrogen (secondary N) is 4. The number of aromatic nitrogens is 1. The molecule has 0 aliphatic carbocycles. The SMILES string of the molecule is CCC/C=C(\N)S/C(Cl)=C(C)/C(=N/O[C@@H](C)C(=O)O)C(=O)N[C@@H]1C(=O)N2C(C(=O)O)=C(CN3C=C(NCCNC(=O)c4cc(=O)c(O)cn4O)C(NCCN)=NC3)CSC12. The number of nitrogens with zero attached hydrogens (tertiary/aromatic N) is 5. The number of oxime groups is 1. The Labute approximate surface area is 356 Å². The van der Waals surface area contributed by atoms with Gasteiger partial charge in [-0.1, -0.05) is 47.9 Å². The Morgan fingerprint density at radius 1 is 1.20 bits per heavy atom. The van der Waals surface area contributed by atoms with E-state index < -0.39 is 69.8 Å². The van der Waals surface area contributed by atoms with E-state index in [0.717, 1.165) is 29.1 Å². The molecule has 3 amide bonds. The number of carbonyl (C=O) groups is 5. The number of unbranched alkanes of at least 4 members (excludes halogenated alkanes) is 1. The summed E-state index contributed by atoms with van der Waals surface area (Å²) in [6, 6.07) is -0.396. The van der Waals surface area contributed by atoms with Crippen LogP contribution in [0.25, 0.3) is 0 Å². The minimum Gasteiger partial charge on any atom is -0.503 e. The average molecular weight is 896 g/mol. The van der Waals surface area contributed by atoms with Gasteiger partial charge in [-0.25, -0.2) is 14.6 Å². The monoisotopic (exact) mass is 895 g/mol. The van der Waals surface area contributed by atoms with Crippen LogP contribution < -0.4 is 38.2 Å². The fourth-order valence-electron chi connectivity index (χ4n) is 5.56. The van der Waals surface area contributed by atoms with Crippen LogP contribution in [-0.4, -0.2) is 139 Å². The molecule has 3 atom stereocenters. The van der Waals surface area contributed by atoms with Gasteiger partial charge in [0.2, 0.25) is 11.5 Å². The molecule has 1 aromatic rings. The number of hydrogen-bond acceptors (Lipinski definition) is 18. The van der Waals surface area contributed by atoms with E-state index in [1.807, 2.05) is 6.92 Å². The maximum atomic E-state index is 13.6. The fraction of sp³-hybridized carbons (Fsp3) is 0.429. The van der Waals surface area contributed by atoms with Gasteiger partial charge in [-0.2, -0.15) is 4.73 Å². The third-order valence-electron chi connectivity index (χ3n) is 8.67. The van der Waals surface area contributed by atoms with Gasteiger partial charge in [0, 0.05) is 56.3 Å². The predicted molar refractivity (Wildman–Crippen MR) is 223 cm³/mol. The van der Waals surface area contributed by atoms with Crippen LogP contribution in [0.4, 0.5) is 0 Å². The third kappa shape index (κ3) is 11.7. The van der Waals surface area contributed by atoms with Crippen LogP contribution >= 0.6 is 35.1 Å². The van der Waals surface area contributed by atoms with E-state index in [-0.39, 0.29) is 47.7 Å². The highest BCUT2D eigenvalue weighted by Crippen LogP contribution is 2.41. The number of amides is 3. The van der Waals surface area contributed by atoms with Crippen molar-refractivity contribution in [1.29, 1.82) is 0 Å². The molecule has 4 heterocycles. The number of pyridine rings is 1. The van der Waals surface area contributed by atoms with Gasteiger partial charge in [0.05, 0.1) is 21.3 Å². The molecule has 1 aromatic heterocycles. The summed E-state index contributed by atoms with van der Waals surface area (Å²) in [7, 11) is 0. The van der Waals surface area contributed by atoms with Gasteiger partial charge < -0.3 is 63.0 Å². The number of carboxylic acid groups (broad SMARTS) is 2. The van der Waals surface area contributed by atoms with Crippen molar-refractivity contribution < 1.29 is 49.3 Å². The maximum Gasteiger partial charge on any atom is 0.352 e. The van der Waals surface area contributed by atoms with Crippen molar-refractivity contribution in [2.45, 2.75) is 51.1 Å². The summed E-state index contributed by atoms with van der Waals surface area (Å²) in [6.07, 6.45) is 4.21. The molecule has 3 aliphatic heterocycles. The molecule has 0 spiro atoms. The van der Waals surface area contributed by atoms with E-state index in [4.69, 9.17) is 27.9 Å². The summed E-state index contributed by atoms with van der Waals surface area (Å²) in [4.78, 5) is 88.0. The minimum atomic E-state index is -1.44. The van der Waals surface area contributed by atoms with Crippen molar-refractivity contribution in [2.24, 2.45) is 21.6 Å². The number of aromatic hydroxyl groups is 1. The van der Waals surface area contributed by atoms with Gasteiger partial charge in [0.1, 0.15) is 35.3 Å². The zero-order valence-corrected chi connectivity index (χ0v) is 35.0. The van der Waals surface area contributed by atoms with Crippen molar-refractivity contribution in [3.8, 4) is 5.75 Å². The lowest BCUT2D eigenvalue weighted by molar-refractivity contribution is -0.150. The molecule has 22 nitrogen and oxygen atoms in total. The molecule has 0 bridgehead atoms. The lowest BCUT2D eigenvalue weighted by atomic mass is 10.0. The Kier molecular flexibility index (Phi) is 16.7. The average Bonchev–Trinajstić information content (AvgIpc) is 3.20. The molecule has 1 unspecified atom stereocenters. The van der Waals surface area contributed by atoms with Gasteiger partial charge in [-0.3, -0.25) is 24.1 Å². The number of aliphatic imine (C=N–C) groups is 1. The van der Waals surface area contributed by atoms with Crippen LogP contribution in [0.2, 0.25) is 0 Å². The van der Waals surface area contributed by atoms with Crippen LogP contribution in [0, 0.1) is 0 Å². The Bertz CT molecular complexity index is 2120. The van der Waals surface area contributed by atoms with Gasteiger partial charge in [-0.05, 0) is 25.8 Å². The lowest BCUT2D eigenvalue weighted by Gasteiger charge is -2.49. The smallest absolute Gasteiger partial charge is 0.352 e. The number of thioether (sulfide) groups is 2. The molecular weight excluding hydrogens is 850 g/mol. The van der Waals surface area contributed by atoms with Crippen LogP contribution in [-0.2, 0) is 24.0 Å². The Hall–Kier alpha value is -5.85. The summed E-state index contributed by atoms with van der Waals surface area (Å²) in [6.45, 7) is 5.58. The molecule has 326 valence electrons. The van der Waals surface area contributed by atoms with Gasteiger partial charge in [0.25, 0.3) is 17.7 Å². The Morgan fingerprint density at radius 3 is 2.60 bits per heavy atom. The number of carboxylic acids is 2. The molecule has 0 aromatic carbocycles. The normalized spacial score (nSPS) is 18.9. The molecule has 0 saturated carbocycles. The zero-order chi connectivity index (χ0) is 44.3. The summed E-state index contributed by atoms with van der Waals surface area (Å²) >= 11 is 8.65. The molecular formula is C35H46ClN11O11S2. The van der Waals surface area contributed by atoms with Crippen molar-refractivity contribution in [1.82, 2.24) is 35.8 Å². The molecule has 12 N–H and O–H groups in total. The van der Waals surface area contributed by atoms with E-state index in [1.54, 1.807) is 17.2 Å². The molecule has 3 aliphatic rings. The Morgan fingerprint density at radius 2 is 1.93 bits per heavy atom. The van der Waals surface area contributed by atoms with Crippen LogP contribution in [0.5, 0.6) is 5.75 Å². The fourth-order valence-corrected chi connectivity index (χ4v) is 7.91.